The fourth-order valence-electron chi connectivity index (χ4n) is 2.02. The van der Waals surface area contributed by atoms with Gasteiger partial charge in [-0.2, -0.15) is 4.98 Å². The third kappa shape index (κ3) is 2.71. The highest BCUT2D eigenvalue weighted by Crippen LogP contribution is 2.28. The van der Waals surface area contributed by atoms with E-state index >= 15 is 0 Å². The first-order valence-electron chi connectivity index (χ1n) is 6.84. The minimum Gasteiger partial charge on any atom is -0.375 e. The van der Waals surface area contributed by atoms with Gasteiger partial charge >= 0.3 is 0 Å². The van der Waals surface area contributed by atoms with E-state index in [1.54, 1.807) is 37.3 Å². The van der Waals surface area contributed by atoms with Crippen molar-refractivity contribution in [2.45, 2.75) is 13.3 Å². The molecule has 0 fully saturated rings. The second kappa shape index (κ2) is 5.84. The maximum Gasteiger partial charge on any atom is 0.269 e. The Kier molecular flexibility index (Phi) is 3.89. The number of thiazole rings is 1. The molecule has 0 spiro atoms. The van der Waals surface area contributed by atoms with Crippen LogP contribution in [0.5, 0.6) is 0 Å². The van der Waals surface area contributed by atoms with Gasteiger partial charge in [0.1, 0.15) is 10.7 Å². The summed E-state index contributed by atoms with van der Waals surface area (Å²) < 4.78 is 19.3. The molecule has 3 aromatic rings. The lowest BCUT2D eigenvalue weighted by molar-refractivity contribution is 0.433. The molecule has 2 heterocycles. The quantitative estimate of drug-likeness (QED) is 0.735. The molecule has 0 saturated heterocycles. The molecule has 3 rings (SSSR count). The standard InChI is InChI=1S/C15H15FN4OS/c1-4-13-17-8-12(22-13)15-18-14(19-21-15)9-5-6-11(20(2)3)10(16)7-9/h5-8H,4H2,1-3H3. The van der Waals surface area contributed by atoms with Gasteiger partial charge in [0.05, 0.1) is 16.9 Å². The largest absolute Gasteiger partial charge is 0.375 e. The fourth-order valence-corrected chi connectivity index (χ4v) is 2.80. The number of benzene rings is 1. The zero-order valence-electron chi connectivity index (χ0n) is 12.5. The summed E-state index contributed by atoms with van der Waals surface area (Å²) in [4.78, 5) is 11.1. The molecule has 0 unspecified atom stereocenters. The Labute approximate surface area is 131 Å². The molecule has 2 aromatic heterocycles. The summed E-state index contributed by atoms with van der Waals surface area (Å²) in [6.45, 7) is 2.04. The van der Waals surface area contributed by atoms with Gasteiger partial charge in [-0.25, -0.2) is 9.37 Å². The van der Waals surface area contributed by atoms with Crippen LogP contribution >= 0.6 is 11.3 Å². The van der Waals surface area contributed by atoms with Crippen molar-refractivity contribution < 1.29 is 8.91 Å². The molecule has 0 amide bonds. The Hall–Kier alpha value is -2.28. The Bertz CT molecular complexity index is 796. The Morgan fingerprint density at radius 2 is 2.14 bits per heavy atom. The number of hydrogen-bond donors (Lipinski definition) is 0. The van der Waals surface area contributed by atoms with Gasteiger partial charge in [0.2, 0.25) is 5.82 Å². The maximum atomic E-state index is 14.0. The first-order chi connectivity index (χ1) is 10.6. The number of halogens is 1. The molecule has 0 aliphatic heterocycles. The second-order valence-corrected chi connectivity index (χ2v) is 6.07. The predicted octanol–water partition coefficient (Wildman–Crippen LogP) is 3.63. The van der Waals surface area contributed by atoms with Gasteiger partial charge in [-0.05, 0) is 24.6 Å². The number of aryl methyl sites for hydroxylation is 1. The molecule has 0 aliphatic carbocycles. The molecule has 0 radical (unpaired) electrons. The minimum atomic E-state index is -0.320. The Balaban J connectivity index is 1.92. The minimum absolute atomic E-state index is 0.320. The van der Waals surface area contributed by atoms with Crippen molar-refractivity contribution in [2.75, 3.05) is 19.0 Å². The van der Waals surface area contributed by atoms with E-state index in [1.165, 1.54) is 17.4 Å². The molecule has 7 heteroatoms. The van der Waals surface area contributed by atoms with Crippen molar-refractivity contribution in [3.05, 3.63) is 35.2 Å². The van der Waals surface area contributed by atoms with Crippen LogP contribution in [0, 0.1) is 5.82 Å². The van der Waals surface area contributed by atoms with Crippen LogP contribution in [0.2, 0.25) is 0 Å². The summed E-state index contributed by atoms with van der Waals surface area (Å²) in [6.07, 6.45) is 2.58. The van der Waals surface area contributed by atoms with Crippen molar-refractivity contribution in [1.29, 1.82) is 0 Å². The van der Waals surface area contributed by atoms with Crippen LogP contribution in [-0.2, 0) is 6.42 Å². The second-order valence-electron chi connectivity index (χ2n) is 4.96. The number of rotatable bonds is 4. The zero-order chi connectivity index (χ0) is 15.7. The van der Waals surface area contributed by atoms with E-state index in [4.69, 9.17) is 4.52 Å². The fraction of sp³-hybridized carbons (Fsp3) is 0.267. The smallest absolute Gasteiger partial charge is 0.269 e. The SMILES string of the molecule is CCc1ncc(-c2nc(-c3ccc(N(C)C)c(F)c3)no2)s1. The first-order valence-corrected chi connectivity index (χ1v) is 7.66. The van der Waals surface area contributed by atoms with E-state index in [9.17, 15) is 4.39 Å². The normalized spacial score (nSPS) is 10.9. The first kappa shape index (κ1) is 14.6. The Morgan fingerprint density at radius 1 is 1.32 bits per heavy atom. The molecule has 0 bridgehead atoms. The average molecular weight is 318 g/mol. The van der Waals surface area contributed by atoms with E-state index in [-0.39, 0.29) is 5.82 Å². The van der Waals surface area contributed by atoms with E-state index in [2.05, 4.69) is 15.1 Å². The summed E-state index contributed by atoms with van der Waals surface area (Å²) in [7, 11) is 3.58. The van der Waals surface area contributed by atoms with Crippen molar-refractivity contribution in [3.63, 3.8) is 0 Å². The molecule has 1 aromatic carbocycles. The van der Waals surface area contributed by atoms with Gasteiger partial charge in [-0.15, -0.1) is 11.3 Å². The predicted molar refractivity (Wildman–Crippen MR) is 84.5 cm³/mol. The van der Waals surface area contributed by atoms with Crippen LogP contribution in [0.25, 0.3) is 22.2 Å². The van der Waals surface area contributed by atoms with Gasteiger partial charge in [-0.3, -0.25) is 0 Å². The molecule has 0 saturated carbocycles. The molecule has 5 nitrogen and oxygen atoms in total. The summed E-state index contributed by atoms with van der Waals surface area (Å²) >= 11 is 1.52. The maximum absolute atomic E-state index is 14.0. The van der Waals surface area contributed by atoms with Gasteiger partial charge in [0.25, 0.3) is 5.89 Å². The lowest BCUT2D eigenvalue weighted by Gasteiger charge is -2.13. The third-order valence-electron chi connectivity index (χ3n) is 3.18. The van der Waals surface area contributed by atoms with Crippen LogP contribution in [0.1, 0.15) is 11.9 Å². The van der Waals surface area contributed by atoms with Gasteiger partial charge in [0, 0.05) is 19.7 Å². The van der Waals surface area contributed by atoms with Gasteiger partial charge in [0.15, 0.2) is 0 Å². The molecule has 22 heavy (non-hydrogen) atoms. The average Bonchev–Trinajstić information content (AvgIpc) is 3.15. The molecular weight excluding hydrogens is 303 g/mol. The number of nitrogens with zero attached hydrogens (tertiary/aromatic N) is 4. The van der Waals surface area contributed by atoms with Crippen molar-refractivity contribution in [2.24, 2.45) is 0 Å². The summed E-state index contributed by atoms with van der Waals surface area (Å²) in [5.41, 5.74) is 1.10. The van der Waals surface area contributed by atoms with Crippen molar-refractivity contribution in [1.82, 2.24) is 15.1 Å². The van der Waals surface area contributed by atoms with E-state index in [0.29, 0.717) is 23.0 Å². The molecule has 0 N–H and O–H groups in total. The highest BCUT2D eigenvalue weighted by Gasteiger charge is 2.15. The van der Waals surface area contributed by atoms with Gasteiger partial charge < -0.3 is 9.42 Å². The number of aromatic nitrogens is 3. The zero-order valence-corrected chi connectivity index (χ0v) is 13.3. The molecule has 114 valence electrons. The van der Waals surface area contributed by atoms with Crippen molar-refractivity contribution in [3.8, 4) is 22.2 Å². The molecule has 0 aliphatic rings. The van der Waals surface area contributed by atoms with Crippen molar-refractivity contribution >= 4 is 17.0 Å². The Morgan fingerprint density at radius 3 is 2.77 bits per heavy atom. The monoisotopic (exact) mass is 318 g/mol. The van der Waals surface area contributed by atoms with Gasteiger partial charge in [-0.1, -0.05) is 12.1 Å². The van der Waals surface area contributed by atoms with Crippen LogP contribution < -0.4 is 4.90 Å². The van der Waals surface area contributed by atoms with E-state index in [0.717, 1.165) is 16.3 Å². The highest BCUT2D eigenvalue weighted by molar-refractivity contribution is 7.15. The number of anilines is 1. The molecular formula is C15H15FN4OS. The van der Waals surface area contributed by atoms with Crippen LogP contribution in [0.15, 0.2) is 28.9 Å². The highest BCUT2D eigenvalue weighted by atomic mass is 32.1. The van der Waals surface area contributed by atoms with Crippen LogP contribution in [0.3, 0.4) is 0 Å². The summed E-state index contributed by atoms with van der Waals surface area (Å²) in [5.74, 6) is 0.454. The summed E-state index contributed by atoms with van der Waals surface area (Å²) in [6, 6.07) is 4.88. The molecule has 0 atom stereocenters. The number of hydrogen-bond acceptors (Lipinski definition) is 6. The summed E-state index contributed by atoms with van der Waals surface area (Å²) in [5, 5.41) is 4.94. The topological polar surface area (TPSA) is 55.1 Å². The van der Waals surface area contributed by atoms with Crippen LogP contribution in [0.4, 0.5) is 10.1 Å². The van der Waals surface area contributed by atoms with Crippen LogP contribution in [-0.4, -0.2) is 29.2 Å². The van der Waals surface area contributed by atoms with E-state index < -0.39 is 0 Å². The lowest BCUT2D eigenvalue weighted by Crippen LogP contribution is -2.10. The lowest BCUT2D eigenvalue weighted by atomic mass is 10.2. The third-order valence-corrected chi connectivity index (χ3v) is 4.31. The van der Waals surface area contributed by atoms with E-state index in [1.807, 2.05) is 6.92 Å².